The van der Waals surface area contributed by atoms with Crippen LogP contribution < -0.4 is 14.7 Å². The summed E-state index contributed by atoms with van der Waals surface area (Å²) in [4.78, 5) is 11.7. The molecule has 0 aliphatic heterocycles. The zero-order valence-electron chi connectivity index (χ0n) is 11.9. The molecule has 1 N–H and O–H groups in total. The number of para-hydroxylation sites is 1. The monoisotopic (exact) mass is 284 g/mol. The number of ether oxygens (including phenoxy) is 1. The summed E-state index contributed by atoms with van der Waals surface area (Å²) < 4.78 is 7.26. The number of carbonyl (C=O) groups excluding carboxylic acids is 1. The van der Waals surface area contributed by atoms with E-state index in [2.05, 4.69) is 10.5 Å². The van der Waals surface area contributed by atoms with Crippen LogP contribution in [0.4, 0.5) is 0 Å². The van der Waals surface area contributed by atoms with Gasteiger partial charge in [0.1, 0.15) is 5.75 Å². The van der Waals surface area contributed by atoms with Gasteiger partial charge in [-0.3, -0.25) is 4.79 Å². The minimum absolute atomic E-state index is 0.184. The van der Waals surface area contributed by atoms with Crippen LogP contribution >= 0.6 is 0 Å². The molecule has 5 heteroatoms. The van der Waals surface area contributed by atoms with Crippen LogP contribution in [0, 0.1) is 0 Å². The van der Waals surface area contributed by atoms with Gasteiger partial charge in [-0.05, 0) is 19.1 Å². The number of rotatable bonds is 6. The van der Waals surface area contributed by atoms with Crippen LogP contribution in [0.15, 0.2) is 60.0 Å². The molecule has 0 bridgehead atoms. The third-order valence-corrected chi connectivity index (χ3v) is 2.72. The quantitative estimate of drug-likeness (QED) is 0.497. The fourth-order valence-electron chi connectivity index (χ4n) is 1.79. The number of benzene rings is 1. The summed E-state index contributed by atoms with van der Waals surface area (Å²) in [7, 11) is 0. The van der Waals surface area contributed by atoms with Crippen LogP contribution in [0.1, 0.15) is 12.5 Å². The maximum absolute atomic E-state index is 11.7. The molecule has 1 aromatic carbocycles. The Morgan fingerprint density at radius 1 is 1.24 bits per heavy atom. The summed E-state index contributed by atoms with van der Waals surface area (Å²) >= 11 is 0. The normalized spacial score (nSPS) is 10.5. The van der Waals surface area contributed by atoms with Crippen molar-refractivity contribution in [3.63, 3.8) is 0 Å². The van der Waals surface area contributed by atoms with Gasteiger partial charge in [0.05, 0.1) is 12.8 Å². The summed E-state index contributed by atoms with van der Waals surface area (Å²) in [5, 5.41) is 3.96. The lowest BCUT2D eigenvalue weighted by molar-refractivity contribution is -0.684. The summed E-state index contributed by atoms with van der Waals surface area (Å²) in [6, 6.07) is 13.2. The van der Waals surface area contributed by atoms with E-state index < -0.39 is 0 Å². The Kier molecular flexibility index (Phi) is 5.46. The van der Waals surface area contributed by atoms with E-state index in [1.165, 1.54) is 0 Å². The molecule has 0 aliphatic rings. The van der Waals surface area contributed by atoms with E-state index in [4.69, 9.17) is 4.74 Å². The lowest BCUT2D eigenvalue weighted by Gasteiger charge is -2.05. The van der Waals surface area contributed by atoms with Gasteiger partial charge in [-0.25, -0.2) is 5.43 Å². The highest BCUT2D eigenvalue weighted by atomic mass is 16.5. The Balaban J connectivity index is 1.92. The molecule has 5 nitrogen and oxygen atoms in total. The number of hydrogen-bond acceptors (Lipinski definition) is 3. The van der Waals surface area contributed by atoms with Gasteiger partial charge in [0.15, 0.2) is 12.4 Å². The zero-order chi connectivity index (χ0) is 14.9. The second-order valence-electron chi connectivity index (χ2n) is 4.31. The highest BCUT2D eigenvalue weighted by molar-refractivity contribution is 5.84. The first-order valence-electron chi connectivity index (χ1n) is 6.77. The van der Waals surface area contributed by atoms with Gasteiger partial charge >= 0.3 is 5.91 Å². The predicted molar refractivity (Wildman–Crippen MR) is 80.0 cm³/mol. The summed E-state index contributed by atoms with van der Waals surface area (Å²) in [5.41, 5.74) is 3.33. The minimum Gasteiger partial charge on any atom is -0.493 e. The number of amides is 1. The average Bonchev–Trinajstić information content (AvgIpc) is 2.50. The first-order chi connectivity index (χ1) is 10.3. The van der Waals surface area contributed by atoms with Crippen LogP contribution in [0.2, 0.25) is 0 Å². The highest BCUT2D eigenvalue weighted by Crippen LogP contribution is 2.15. The van der Waals surface area contributed by atoms with Gasteiger partial charge in [0.25, 0.3) is 0 Å². The van der Waals surface area contributed by atoms with Crippen molar-refractivity contribution in [2.75, 3.05) is 6.61 Å². The zero-order valence-corrected chi connectivity index (χ0v) is 11.9. The molecule has 0 saturated heterocycles. The molecule has 0 fully saturated rings. The lowest BCUT2D eigenvalue weighted by Crippen LogP contribution is -2.40. The molecule has 1 heterocycles. The van der Waals surface area contributed by atoms with Crippen LogP contribution in [0.25, 0.3) is 0 Å². The first kappa shape index (κ1) is 14.7. The van der Waals surface area contributed by atoms with E-state index in [9.17, 15) is 4.79 Å². The minimum atomic E-state index is -0.184. The molecule has 0 spiro atoms. The third kappa shape index (κ3) is 4.72. The number of pyridine rings is 1. The SMILES string of the molecule is CCOc1ccccc1/C=N/NC(=O)C[n+]1ccccc1. The average molecular weight is 284 g/mol. The van der Waals surface area contributed by atoms with Crippen LogP contribution in [-0.2, 0) is 11.3 Å². The smallest absolute Gasteiger partial charge is 0.305 e. The summed E-state index contributed by atoms with van der Waals surface area (Å²) in [6.45, 7) is 2.74. The Morgan fingerprint density at radius 2 is 2.00 bits per heavy atom. The predicted octanol–water partition coefficient (Wildman–Crippen LogP) is 1.52. The topological polar surface area (TPSA) is 54.6 Å². The Morgan fingerprint density at radius 3 is 2.76 bits per heavy atom. The Labute approximate surface area is 123 Å². The van der Waals surface area contributed by atoms with Crippen molar-refractivity contribution in [1.82, 2.24) is 5.43 Å². The summed E-state index contributed by atoms with van der Waals surface area (Å²) in [6.07, 6.45) is 5.24. The maximum atomic E-state index is 11.7. The molecule has 0 unspecified atom stereocenters. The molecular weight excluding hydrogens is 266 g/mol. The molecule has 0 saturated carbocycles. The summed E-state index contributed by atoms with van der Waals surface area (Å²) in [5.74, 6) is 0.562. The van der Waals surface area contributed by atoms with Crippen molar-refractivity contribution in [1.29, 1.82) is 0 Å². The van der Waals surface area contributed by atoms with Crippen LogP contribution in [0.5, 0.6) is 5.75 Å². The second kappa shape index (κ2) is 7.79. The van der Waals surface area contributed by atoms with E-state index in [0.29, 0.717) is 6.61 Å². The maximum Gasteiger partial charge on any atom is 0.305 e. The molecular formula is C16H18N3O2+. The number of nitrogens with one attached hydrogen (secondary N) is 1. The van der Waals surface area contributed by atoms with Gasteiger partial charge in [-0.1, -0.05) is 18.2 Å². The van der Waals surface area contributed by atoms with E-state index in [1.807, 2.05) is 61.8 Å². The third-order valence-electron chi connectivity index (χ3n) is 2.72. The van der Waals surface area contributed by atoms with Gasteiger partial charge < -0.3 is 4.74 Å². The van der Waals surface area contributed by atoms with E-state index >= 15 is 0 Å². The van der Waals surface area contributed by atoms with Crippen molar-refractivity contribution in [2.45, 2.75) is 13.5 Å². The van der Waals surface area contributed by atoms with Gasteiger partial charge in [0.2, 0.25) is 6.54 Å². The van der Waals surface area contributed by atoms with E-state index in [1.54, 1.807) is 10.8 Å². The molecule has 1 amide bonds. The number of nitrogens with zero attached hydrogens (tertiary/aromatic N) is 2. The van der Waals surface area contributed by atoms with Gasteiger partial charge in [0, 0.05) is 17.7 Å². The fourth-order valence-corrected chi connectivity index (χ4v) is 1.79. The second-order valence-corrected chi connectivity index (χ2v) is 4.31. The van der Waals surface area contributed by atoms with Crippen molar-refractivity contribution < 1.29 is 14.1 Å². The number of hydrazone groups is 1. The standard InChI is InChI=1S/C16H17N3O2/c1-2-21-15-9-5-4-8-14(15)12-17-18-16(20)13-19-10-6-3-7-11-19/h3-12H,2,13H2,1H3/p+1/b17-12+. The molecule has 108 valence electrons. The Bertz CT molecular complexity index is 612. The molecule has 1 aromatic heterocycles. The van der Waals surface area contributed by atoms with E-state index in [-0.39, 0.29) is 12.5 Å². The first-order valence-corrected chi connectivity index (χ1v) is 6.77. The molecule has 0 atom stereocenters. The van der Waals surface area contributed by atoms with Gasteiger partial charge in [-0.2, -0.15) is 9.67 Å². The molecule has 2 rings (SSSR count). The molecule has 0 radical (unpaired) electrons. The number of aromatic nitrogens is 1. The highest BCUT2D eigenvalue weighted by Gasteiger charge is 2.06. The van der Waals surface area contributed by atoms with Crippen LogP contribution in [0.3, 0.4) is 0 Å². The number of hydrogen-bond donors (Lipinski definition) is 1. The van der Waals surface area contributed by atoms with Crippen molar-refractivity contribution >= 4 is 12.1 Å². The Hall–Kier alpha value is -2.69. The van der Waals surface area contributed by atoms with Crippen LogP contribution in [-0.4, -0.2) is 18.7 Å². The molecule has 0 aliphatic carbocycles. The van der Waals surface area contributed by atoms with Crippen molar-refractivity contribution in [3.05, 3.63) is 60.4 Å². The number of carbonyl (C=O) groups is 1. The van der Waals surface area contributed by atoms with Crippen molar-refractivity contribution in [2.24, 2.45) is 5.10 Å². The largest absolute Gasteiger partial charge is 0.493 e. The lowest BCUT2D eigenvalue weighted by atomic mass is 10.2. The fraction of sp³-hybridized carbons (Fsp3) is 0.188. The molecule has 21 heavy (non-hydrogen) atoms. The van der Waals surface area contributed by atoms with Crippen molar-refractivity contribution in [3.8, 4) is 5.75 Å². The van der Waals surface area contributed by atoms with E-state index in [0.717, 1.165) is 11.3 Å². The molecule has 2 aromatic rings. The van der Waals surface area contributed by atoms with Gasteiger partial charge in [-0.15, -0.1) is 0 Å².